The minimum absolute atomic E-state index is 0.210. The van der Waals surface area contributed by atoms with E-state index < -0.39 is 9.52 Å². The Morgan fingerprint density at radius 1 is 0.840 bits per heavy atom. The summed E-state index contributed by atoms with van der Waals surface area (Å²) in [4.78, 5) is 0. The summed E-state index contributed by atoms with van der Waals surface area (Å²) < 4.78 is 0. The average molecular weight is 347 g/mol. The van der Waals surface area contributed by atoms with E-state index in [9.17, 15) is 0 Å². The van der Waals surface area contributed by atoms with Crippen LogP contribution in [0, 0.1) is 19.3 Å². The molecule has 2 aromatic carbocycles. The molecular formula is C24H30Si. The van der Waals surface area contributed by atoms with Crippen molar-refractivity contribution in [2.75, 3.05) is 0 Å². The summed E-state index contributed by atoms with van der Waals surface area (Å²) in [5.74, 6) is 0. The molecule has 0 unspecified atom stereocenters. The first-order valence-electron chi connectivity index (χ1n) is 9.31. The molecular weight excluding hydrogens is 316 g/mol. The van der Waals surface area contributed by atoms with Gasteiger partial charge in [0.1, 0.15) is 0 Å². The van der Waals surface area contributed by atoms with E-state index in [1.807, 2.05) is 0 Å². The fraction of sp³-hybridized carbons (Fsp3) is 0.333. The molecule has 0 heterocycles. The summed E-state index contributed by atoms with van der Waals surface area (Å²) in [6, 6.07) is 18.1. The second kappa shape index (κ2) is 6.80. The zero-order valence-electron chi connectivity index (χ0n) is 16.5. The van der Waals surface area contributed by atoms with Gasteiger partial charge >= 0.3 is 0 Å². The number of allylic oxidation sites excluding steroid dienone is 4. The molecule has 0 bridgehead atoms. The molecule has 0 N–H and O–H groups in total. The Morgan fingerprint density at radius 2 is 1.44 bits per heavy atom. The van der Waals surface area contributed by atoms with Gasteiger partial charge in [-0.15, -0.1) is 0 Å². The molecule has 0 saturated heterocycles. The highest BCUT2D eigenvalue weighted by Gasteiger charge is 2.30. The smallest absolute Gasteiger partial charge is 0.0653 e. The topological polar surface area (TPSA) is 0 Å². The molecule has 0 saturated carbocycles. The van der Waals surface area contributed by atoms with E-state index in [4.69, 9.17) is 0 Å². The zero-order valence-corrected chi connectivity index (χ0v) is 17.9. The van der Waals surface area contributed by atoms with Gasteiger partial charge in [-0.1, -0.05) is 96.4 Å². The van der Waals surface area contributed by atoms with Gasteiger partial charge in [0.05, 0.1) is 9.52 Å². The van der Waals surface area contributed by atoms with Gasteiger partial charge in [-0.05, 0) is 49.3 Å². The number of aryl methyl sites for hydroxylation is 2. The van der Waals surface area contributed by atoms with E-state index in [1.165, 1.54) is 21.9 Å². The van der Waals surface area contributed by atoms with E-state index in [0.29, 0.717) is 0 Å². The number of benzene rings is 2. The monoisotopic (exact) mass is 346 g/mol. The van der Waals surface area contributed by atoms with Crippen LogP contribution < -0.4 is 5.19 Å². The minimum atomic E-state index is -0.488. The first-order valence-corrected chi connectivity index (χ1v) is 10.7. The van der Waals surface area contributed by atoms with Crippen LogP contribution in [0.15, 0.2) is 64.9 Å². The second-order valence-electron chi connectivity index (χ2n) is 8.58. The Hall–Kier alpha value is -1.86. The van der Waals surface area contributed by atoms with Gasteiger partial charge in [0.15, 0.2) is 0 Å². The van der Waals surface area contributed by atoms with Crippen LogP contribution in [0.5, 0.6) is 0 Å². The molecule has 130 valence electrons. The lowest BCUT2D eigenvalue weighted by molar-refractivity contribution is 0.511. The van der Waals surface area contributed by atoms with Crippen molar-refractivity contribution in [2.45, 2.75) is 48.0 Å². The maximum absolute atomic E-state index is 2.38. The van der Waals surface area contributed by atoms with Crippen molar-refractivity contribution in [3.63, 3.8) is 0 Å². The lowest BCUT2D eigenvalue weighted by Crippen LogP contribution is -2.22. The lowest BCUT2D eigenvalue weighted by atomic mass is 9.85. The highest BCUT2D eigenvalue weighted by atomic mass is 28.2. The Balaban J connectivity index is 2.15. The number of hydrogen-bond acceptors (Lipinski definition) is 0. The number of hydrogen-bond donors (Lipinski definition) is 0. The highest BCUT2D eigenvalue weighted by Crippen LogP contribution is 2.45. The molecule has 0 fully saturated rings. The Morgan fingerprint density at radius 3 is 2.00 bits per heavy atom. The molecule has 0 aromatic heterocycles. The first kappa shape index (κ1) is 17.9. The molecule has 0 amide bonds. The highest BCUT2D eigenvalue weighted by molar-refractivity contribution is 6.63. The van der Waals surface area contributed by atoms with Gasteiger partial charge in [-0.3, -0.25) is 0 Å². The van der Waals surface area contributed by atoms with Gasteiger partial charge < -0.3 is 0 Å². The van der Waals surface area contributed by atoms with Crippen LogP contribution in [-0.2, 0) is 0 Å². The summed E-state index contributed by atoms with van der Waals surface area (Å²) in [5, 5.41) is 3.22. The maximum atomic E-state index is 2.38. The SMILES string of the molecule is CC1=C(C(C)(C)C)C([SiH2]c2ccccc2)=C(c2cc(C)cc(C)c2)C1. The molecule has 0 radical (unpaired) electrons. The standard InChI is InChI=1S/C24H30Si/c1-16-12-17(2)14-19(13-16)21-15-18(3)22(24(4,5)6)23(21)25-20-10-8-7-9-11-20/h7-14H,15,25H2,1-6H3. The largest absolute Gasteiger partial charge is 0.0883 e. The summed E-state index contributed by atoms with van der Waals surface area (Å²) in [7, 11) is -0.488. The van der Waals surface area contributed by atoms with Crippen molar-refractivity contribution in [1.29, 1.82) is 0 Å². The van der Waals surface area contributed by atoms with Crippen molar-refractivity contribution in [3.05, 3.63) is 81.6 Å². The molecule has 0 nitrogen and oxygen atoms in total. The third-order valence-corrected chi connectivity index (χ3v) is 7.09. The third-order valence-electron chi connectivity index (χ3n) is 5.08. The lowest BCUT2D eigenvalue weighted by Gasteiger charge is -2.26. The van der Waals surface area contributed by atoms with E-state index in [0.717, 1.165) is 6.42 Å². The normalized spacial score (nSPS) is 15.8. The summed E-state index contributed by atoms with van der Waals surface area (Å²) in [6.45, 7) is 13.9. The van der Waals surface area contributed by atoms with Crippen LogP contribution in [-0.4, -0.2) is 9.52 Å². The average Bonchev–Trinajstić information content (AvgIpc) is 2.83. The summed E-state index contributed by atoms with van der Waals surface area (Å²) in [6.07, 6.45) is 1.12. The second-order valence-corrected chi connectivity index (χ2v) is 10.5. The molecule has 0 spiro atoms. The van der Waals surface area contributed by atoms with E-state index in [1.54, 1.807) is 21.9 Å². The van der Waals surface area contributed by atoms with Crippen molar-refractivity contribution >= 4 is 20.3 Å². The predicted octanol–water partition coefficient (Wildman–Crippen LogP) is 5.28. The molecule has 1 aliphatic carbocycles. The number of rotatable bonds is 3. The fourth-order valence-corrected chi connectivity index (χ4v) is 6.85. The first-order chi connectivity index (χ1) is 11.8. The predicted molar refractivity (Wildman–Crippen MR) is 114 cm³/mol. The van der Waals surface area contributed by atoms with Crippen LogP contribution in [0.2, 0.25) is 0 Å². The summed E-state index contributed by atoms with van der Waals surface area (Å²) >= 11 is 0. The van der Waals surface area contributed by atoms with Crippen molar-refractivity contribution < 1.29 is 0 Å². The quantitative estimate of drug-likeness (QED) is 0.664. The van der Waals surface area contributed by atoms with Gasteiger partial charge in [-0.25, -0.2) is 0 Å². The molecule has 3 rings (SSSR count). The van der Waals surface area contributed by atoms with Crippen LogP contribution in [0.4, 0.5) is 0 Å². The van der Waals surface area contributed by atoms with Crippen LogP contribution in [0.3, 0.4) is 0 Å². The maximum Gasteiger partial charge on any atom is 0.0883 e. The molecule has 2 aromatic rings. The third kappa shape index (κ3) is 3.87. The van der Waals surface area contributed by atoms with Crippen molar-refractivity contribution in [2.24, 2.45) is 5.41 Å². The molecule has 0 atom stereocenters. The van der Waals surface area contributed by atoms with E-state index >= 15 is 0 Å². The van der Waals surface area contributed by atoms with Gasteiger partial charge in [0.25, 0.3) is 0 Å². The molecule has 0 aliphatic heterocycles. The molecule has 1 heteroatoms. The van der Waals surface area contributed by atoms with Crippen molar-refractivity contribution in [1.82, 2.24) is 0 Å². The Labute approximate surface area is 155 Å². The van der Waals surface area contributed by atoms with Gasteiger partial charge in [-0.2, -0.15) is 0 Å². The van der Waals surface area contributed by atoms with Gasteiger partial charge in [0, 0.05) is 0 Å². The Bertz CT molecular complexity index is 825. The molecule has 1 aliphatic rings. The van der Waals surface area contributed by atoms with Crippen LogP contribution >= 0.6 is 0 Å². The van der Waals surface area contributed by atoms with Crippen LogP contribution in [0.1, 0.15) is 50.8 Å². The Kier molecular flexibility index (Phi) is 4.88. The van der Waals surface area contributed by atoms with Crippen molar-refractivity contribution in [3.8, 4) is 0 Å². The summed E-state index contributed by atoms with van der Waals surface area (Å²) in [5.41, 5.74) is 9.16. The van der Waals surface area contributed by atoms with Gasteiger partial charge in [0.2, 0.25) is 0 Å². The van der Waals surface area contributed by atoms with E-state index in [2.05, 4.69) is 90.1 Å². The fourth-order valence-electron chi connectivity index (χ4n) is 4.38. The van der Waals surface area contributed by atoms with E-state index in [-0.39, 0.29) is 5.41 Å². The minimum Gasteiger partial charge on any atom is -0.0653 e. The zero-order chi connectivity index (χ0) is 18.2. The van der Waals surface area contributed by atoms with Crippen LogP contribution in [0.25, 0.3) is 5.57 Å². The molecule has 25 heavy (non-hydrogen) atoms.